The molecule has 4 aliphatic rings. The van der Waals surface area contributed by atoms with Gasteiger partial charge in [0.2, 0.25) is 0 Å². The maximum atomic E-state index is 16.1. The van der Waals surface area contributed by atoms with Crippen molar-refractivity contribution in [2.45, 2.75) is 24.8 Å². The van der Waals surface area contributed by atoms with Crippen molar-refractivity contribution in [3.63, 3.8) is 0 Å². The van der Waals surface area contributed by atoms with Crippen molar-refractivity contribution in [3.05, 3.63) is 123 Å². The summed E-state index contributed by atoms with van der Waals surface area (Å²) in [5, 5.41) is 19.2. The van der Waals surface area contributed by atoms with E-state index in [1.165, 1.54) is 11.0 Å². The Balaban J connectivity index is 0.948. The normalized spacial score (nSPS) is 20.4. The number of allylic oxidation sites excluding steroid dienone is 1. The molecule has 3 aromatic heterocycles. The summed E-state index contributed by atoms with van der Waals surface area (Å²) >= 11 is 6.37. The van der Waals surface area contributed by atoms with E-state index in [1.807, 2.05) is 16.7 Å². The van der Waals surface area contributed by atoms with E-state index in [-0.39, 0.29) is 45.9 Å². The number of carbonyl (C=O) groups is 2. The van der Waals surface area contributed by atoms with Gasteiger partial charge in [0, 0.05) is 57.5 Å². The lowest BCUT2D eigenvalue weighted by Crippen LogP contribution is -2.29. The number of hydrogen-bond donors (Lipinski definition) is 1. The van der Waals surface area contributed by atoms with Crippen molar-refractivity contribution in [3.8, 4) is 16.8 Å². The molecule has 14 heteroatoms. The van der Waals surface area contributed by atoms with E-state index in [1.54, 1.807) is 60.8 Å². The Hall–Kier alpha value is -6.08. The van der Waals surface area contributed by atoms with E-state index in [4.69, 9.17) is 16.6 Å². The van der Waals surface area contributed by atoms with Crippen molar-refractivity contribution >= 4 is 51.4 Å². The number of hydrogen-bond acceptors (Lipinski definition) is 8. The Labute approximate surface area is 280 Å². The summed E-state index contributed by atoms with van der Waals surface area (Å²) in [4.78, 5) is 45.6. The summed E-state index contributed by atoms with van der Waals surface area (Å²) in [6.45, 7) is 0. The number of nitrogens with zero attached hydrogens (tertiary/aromatic N) is 8. The van der Waals surface area contributed by atoms with Crippen LogP contribution < -0.4 is 10.5 Å². The van der Waals surface area contributed by atoms with Gasteiger partial charge < -0.3 is 4.57 Å². The monoisotopic (exact) mass is 669 g/mol. The van der Waals surface area contributed by atoms with Gasteiger partial charge in [-0.3, -0.25) is 24.5 Å². The van der Waals surface area contributed by atoms with Gasteiger partial charge in [-0.25, -0.2) is 9.29 Å². The molecule has 0 radical (unpaired) electrons. The van der Waals surface area contributed by atoms with Gasteiger partial charge in [0.15, 0.2) is 11.6 Å². The lowest BCUT2D eigenvalue weighted by molar-refractivity contribution is 0.0925. The fraction of sp³-hybridized carbons (Fsp3) is 0.143. The minimum Gasteiger partial charge on any atom is -0.303 e. The van der Waals surface area contributed by atoms with Crippen LogP contribution in [0.4, 0.5) is 10.2 Å². The smallest absolute Gasteiger partial charge is 0.267 e. The predicted octanol–water partition coefficient (Wildman–Crippen LogP) is 5.50. The van der Waals surface area contributed by atoms with E-state index in [0.29, 0.717) is 33.7 Å². The van der Waals surface area contributed by atoms with E-state index in [0.717, 1.165) is 33.9 Å². The van der Waals surface area contributed by atoms with Crippen molar-refractivity contribution in [1.82, 2.24) is 35.0 Å². The van der Waals surface area contributed by atoms with Gasteiger partial charge in [-0.2, -0.15) is 9.78 Å². The summed E-state index contributed by atoms with van der Waals surface area (Å²) in [5.74, 6) is -1.10. The van der Waals surface area contributed by atoms with Gasteiger partial charge in [-0.1, -0.05) is 29.8 Å². The molecule has 1 N–H and O–H groups in total. The molecule has 0 saturated heterocycles. The Kier molecular flexibility index (Phi) is 5.69. The molecule has 10 rings (SSSR count). The van der Waals surface area contributed by atoms with Crippen molar-refractivity contribution in [2.75, 3.05) is 4.90 Å². The Morgan fingerprint density at radius 2 is 1.73 bits per heavy atom. The fourth-order valence-corrected chi connectivity index (χ4v) is 7.85. The summed E-state index contributed by atoms with van der Waals surface area (Å²) in [5.41, 5.74) is 5.35. The van der Waals surface area contributed by atoms with E-state index < -0.39 is 17.6 Å². The highest BCUT2D eigenvalue weighted by Gasteiger charge is 2.54. The topological polar surface area (TPSA) is 144 Å². The highest BCUT2D eigenvalue weighted by molar-refractivity contribution is 6.35. The number of pyridine rings is 1. The molecule has 0 bridgehead atoms. The number of halogens is 2. The van der Waals surface area contributed by atoms with Gasteiger partial charge in [-0.05, 0) is 76.4 Å². The molecule has 12 nitrogen and oxygen atoms in total. The molecule has 6 heterocycles. The first kappa shape index (κ1) is 28.0. The quantitative estimate of drug-likeness (QED) is 0.239. The number of amides is 2. The van der Waals surface area contributed by atoms with Crippen LogP contribution in [-0.4, -0.2) is 52.5 Å². The molecule has 0 unspecified atom stereocenters. The van der Waals surface area contributed by atoms with Gasteiger partial charge in [-0.15, -0.1) is 5.10 Å². The second-order valence-corrected chi connectivity index (χ2v) is 13.0. The van der Waals surface area contributed by atoms with Crippen LogP contribution in [0, 0.1) is 11.7 Å². The number of benzene rings is 3. The third-order valence-corrected chi connectivity index (χ3v) is 10.2. The second kappa shape index (κ2) is 9.97. The molecule has 49 heavy (non-hydrogen) atoms. The maximum absolute atomic E-state index is 16.1. The largest absolute Gasteiger partial charge is 0.303 e. The number of fused-ring (bicyclic) bond motifs is 5. The van der Waals surface area contributed by atoms with Crippen LogP contribution in [0.15, 0.2) is 89.0 Å². The number of aliphatic imine (C=N–C) groups is 1. The zero-order valence-electron chi connectivity index (χ0n) is 25.2. The first-order valence-electron chi connectivity index (χ1n) is 15.6. The minimum absolute atomic E-state index is 0.0490. The lowest BCUT2D eigenvalue weighted by Gasteiger charge is -2.20. The molecule has 238 valence electrons. The highest BCUT2D eigenvalue weighted by atomic mass is 35.5. The molecule has 1 fully saturated rings. The number of aromatic amines is 1. The summed E-state index contributed by atoms with van der Waals surface area (Å²) < 4.78 is 19.5. The first-order valence-corrected chi connectivity index (χ1v) is 16.0. The number of tetrazole rings is 1. The fourth-order valence-electron chi connectivity index (χ4n) is 7.68. The number of H-pyrrole nitrogens is 1. The number of anilines is 1. The van der Waals surface area contributed by atoms with E-state index in [9.17, 15) is 14.4 Å². The number of nitrogens with one attached hydrogen (secondary N) is 1. The highest BCUT2D eigenvalue weighted by Crippen LogP contribution is 2.60. The molecular formula is C35H21ClFN9O3. The number of carbonyl (C=O) groups excluding carboxylic acids is 2. The average Bonchev–Trinajstić information content (AvgIpc) is 3.64. The Bertz CT molecular complexity index is 2550. The van der Waals surface area contributed by atoms with Crippen LogP contribution in [0.3, 0.4) is 0 Å². The van der Waals surface area contributed by atoms with Crippen LogP contribution in [0.25, 0.3) is 33.3 Å². The molecule has 3 aromatic carbocycles. The molecule has 3 aliphatic heterocycles. The van der Waals surface area contributed by atoms with Crippen LogP contribution in [0.1, 0.15) is 56.8 Å². The zero-order valence-corrected chi connectivity index (χ0v) is 26.0. The summed E-state index contributed by atoms with van der Waals surface area (Å²) in [6.07, 6.45) is 4.43. The summed E-state index contributed by atoms with van der Waals surface area (Å²) in [6, 6.07) is 18.6. The molecule has 3 atom stereocenters. The van der Waals surface area contributed by atoms with Crippen molar-refractivity contribution < 1.29 is 14.0 Å². The molecule has 6 aromatic rings. The molecule has 1 saturated carbocycles. The Morgan fingerprint density at radius 3 is 2.51 bits per heavy atom. The van der Waals surface area contributed by atoms with Crippen LogP contribution >= 0.6 is 11.6 Å². The van der Waals surface area contributed by atoms with Gasteiger partial charge >= 0.3 is 0 Å². The van der Waals surface area contributed by atoms with Crippen molar-refractivity contribution in [2.24, 2.45) is 10.9 Å². The van der Waals surface area contributed by atoms with Crippen LogP contribution in [-0.2, 0) is 0 Å². The average molecular weight is 670 g/mol. The second-order valence-electron chi connectivity index (χ2n) is 12.6. The summed E-state index contributed by atoms with van der Waals surface area (Å²) in [7, 11) is 0. The predicted molar refractivity (Wildman–Crippen MR) is 177 cm³/mol. The molecular weight excluding hydrogens is 649 g/mol. The van der Waals surface area contributed by atoms with E-state index in [2.05, 4.69) is 25.7 Å². The number of aromatic nitrogens is 7. The third kappa shape index (κ3) is 3.96. The minimum atomic E-state index is -0.562. The standard InChI is InChI=1S/C35H21ClFN9O3/c36-18-5-8-27(44-15-39-42-43-44)23(12-18)16-10-28-24-13-25(24)32(45(28)29(47)11-16)26-9-17(14-38-26)19-6-7-22-31(30(19)37)40-41-33(22)46-34(48)20-3-1-2-4-21(20)35(46)49/h1-8,10-12,14-15,24-25,32H,9,13H2,(H,40,41)/t24-,25+,32+/m1/s1. The van der Waals surface area contributed by atoms with Crippen molar-refractivity contribution in [1.29, 1.82) is 0 Å². The molecule has 2 amide bonds. The number of imide groups is 1. The molecule has 0 spiro atoms. The zero-order chi connectivity index (χ0) is 33.1. The SMILES string of the molecule is O=C1c2ccccc2C(=O)N1c1n[nH]c2c(F)c(C3=CN=C([C@@H]4[C@H]5C[C@H]5c5cc(-c6cc(Cl)ccc6-n6cnnn6)cc(=O)n54)C3)ccc12. The van der Waals surface area contributed by atoms with Gasteiger partial charge in [0.05, 0.1) is 22.9 Å². The van der Waals surface area contributed by atoms with Crippen LogP contribution in [0.2, 0.25) is 5.02 Å². The third-order valence-electron chi connectivity index (χ3n) is 9.97. The van der Waals surface area contributed by atoms with Gasteiger partial charge in [0.25, 0.3) is 17.4 Å². The molecule has 1 aliphatic carbocycles. The van der Waals surface area contributed by atoms with Crippen LogP contribution in [0.5, 0.6) is 0 Å². The Morgan fingerprint density at radius 1 is 0.918 bits per heavy atom. The van der Waals surface area contributed by atoms with E-state index >= 15 is 4.39 Å². The lowest BCUT2D eigenvalue weighted by atomic mass is 9.96. The maximum Gasteiger partial charge on any atom is 0.267 e. The van der Waals surface area contributed by atoms with Gasteiger partial charge in [0.1, 0.15) is 11.8 Å². The first-order chi connectivity index (χ1) is 23.9. The number of rotatable bonds is 5.